The molecule has 1 heterocycles. The lowest BCUT2D eigenvalue weighted by atomic mass is 10.1. The Kier molecular flexibility index (Phi) is 2.63. The second kappa shape index (κ2) is 4.09. The van der Waals surface area contributed by atoms with Crippen LogP contribution < -0.4 is 0 Å². The first-order chi connectivity index (χ1) is 7.31. The van der Waals surface area contributed by atoms with Crippen molar-refractivity contribution in [2.45, 2.75) is 12.8 Å². The van der Waals surface area contributed by atoms with Gasteiger partial charge >= 0.3 is 0 Å². The Balaban J connectivity index is 2.28. The largest absolute Gasteiger partial charge is 0.361 e. The number of hydrogen-bond acceptors (Lipinski definition) is 2. The Hall–Kier alpha value is -1.90. The maximum absolute atomic E-state index is 11.3. The molecule has 0 atom stereocenters. The molecule has 2 aromatic rings. The zero-order valence-corrected chi connectivity index (χ0v) is 8.19. The number of para-hydroxylation sites is 1. The minimum Gasteiger partial charge on any atom is -0.361 e. The van der Waals surface area contributed by atoms with Crippen LogP contribution in [0.4, 0.5) is 0 Å². The van der Waals surface area contributed by atoms with Crippen molar-refractivity contribution in [3.8, 4) is 0 Å². The molecule has 0 saturated carbocycles. The molecule has 0 aliphatic heterocycles. The summed E-state index contributed by atoms with van der Waals surface area (Å²) in [4.78, 5) is 24.6. The van der Waals surface area contributed by atoms with E-state index in [4.69, 9.17) is 0 Å². The van der Waals surface area contributed by atoms with Crippen LogP contribution in [0.2, 0.25) is 0 Å². The van der Waals surface area contributed by atoms with Gasteiger partial charge in [0.2, 0.25) is 0 Å². The number of aromatic amines is 1. The van der Waals surface area contributed by atoms with Crippen LogP contribution in [-0.4, -0.2) is 17.1 Å². The molecule has 0 radical (unpaired) electrons. The van der Waals surface area contributed by atoms with Gasteiger partial charge in [0.1, 0.15) is 12.1 Å². The van der Waals surface area contributed by atoms with Crippen molar-refractivity contribution in [1.29, 1.82) is 0 Å². The third kappa shape index (κ3) is 1.96. The van der Waals surface area contributed by atoms with E-state index < -0.39 is 0 Å². The molecule has 2 rings (SSSR count). The van der Waals surface area contributed by atoms with Gasteiger partial charge in [-0.3, -0.25) is 4.79 Å². The van der Waals surface area contributed by atoms with E-state index in [1.165, 1.54) is 0 Å². The number of hydrogen-bond donors (Lipinski definition) is 1. The fourth-order valence-corrected chi connectivity index (χ4v) is 1.66. The van der Waals surface area contributed by atoms with Crippen LogP contribution in [0.5, 0.6) is 0 Å². The second-order valence-electron chi connectivity index (χ2n) is 3.45. The Labute approximate surface area is 87.1 Å². The van der Waals surface area contributed by atoms with Gasteiger partial charge in [0, 0.05) is 23.5 Å². The topological polar surface area (TPSA) is 49.9 Å². The van der Waals surface area contributed by atoms with Crippen molar-refractivity contribution in [2.75, 3.05) is 0 Å². The van der Waals surface area contributed by atoms with Gasteiger partial charge in [-0.2, -0.15) is 0 Å². The number of rotatable bonds is 4. The highest BCUT2D eigenvalue weighted by atomic mass is 16.1. The van der Waals surface area contributed by atoms with E-state index in [0.717, 1.165) is 16.5 Å². The van der Waals surface area contributed by atoms with Crippen molar-refractivity contribution in [2.24, 2.45) is 0 Å². The van der Waals surface area contributed by atoms with Crippen LogP contribution in [0.1, 0.15) is 12.0 Å². The van der Waals surface area contributed by atoms with Gasteiger partial charge in [0.15, 0.2) is 0 Å². The van der Waals surface area contributed by atoms with Gasteiger partial charge < -0.3 is 9.78 Å². The third-order valence-electron chi connectivity index (χ3n) is 2.37. The lowest BCUT2D eigenvalue weighted by molar-refractivity contribution is -0.121. The number of fused-ring (bicyclic) bond motifs is 1. The highest BCUT2D eigenvalue weighted by Crippen LogP contribution is 2.18. The van der Waals surface area contributed by atoms with Crippen molar-refractivity contribution >= 4 is 23.0 Å². The van der Waals surface area contributed by atoms with Gasteiger partial charge in [-0.15, -0.1) is 0 Å². The first kappa shape index (κ1) is 9.65. The molecule has 0 fully saturated rings. The molecule has 0 aliphatic carbocycles. The number of Topliss-reactive ketones (excluding diaryl/α,β-unsaturated/α-hetero) is 1. The van der Waals surface area contributed by atoms with Crippen molar-refractivity contribution in [3.63, 3.8) is 0 Å². The van der Waals surface area contributed by atoms with Crippen molar-refractivity contribution < 1.29 is 9.59 Å². The molecule has 0 amide bonds. The highest BCUT2D eigenvalue weighted by Gasteiger charge is 2.07. The van der Waals surface area contributed by atoms with Crippen LogP contribution >= 0.6 is 0 Å². The molecule has 0 unspecified atom stereocenters. The molecular formula is C12H11NO2. The van der Waals surface area contributed by atoms with E-state index in [1.54, 1.807) is 0 Å². The van der Waals surface area contributed by atoms with E-state index in [9.17, 15) is 9.59 Å². The fraction of sp³-hybridized carbons (Fsp3) is 0.167. The number of carbonyl (C=O) groups is 2. The molecule has 0 saturated heterocycles. The molecule has 3 heteroatoms. The van der Waals surface area contributed by atoms with Gasteiger partial charge in [-0.25, -0.2) is 0 Å². The quantitative estimate of drug-likeness (QED) is 0.606. The SMILES string of the molecule is O=CCC(=O)Cc1c[nH]c2ccccc12. The predicted molar refractivity (Wildman–Crippen MR) is 57.7 cm³/mol. The summed E-state index contributed by atoms with van der Waals surface area (Å²) in [5.41, 5.74) is 1.98. The summed E-state index contributed by atoms with van der Waals surface area (Å²) in [6.07, 6.45) is 2.80. The number of aldehydes is 1. The molecule has 15 heavy (non-hydrogen) atoms. The number of H-pyrrole nitrogens is 1. The fourth-order valence-electron chi connectivity index (χ4n) is 1.66. The Morgan fingerprint density at radius 3 is 2.93 bits per heavy atom. The number of benzene rings is 1. The summed E-state index contributed by atoms with van der Waals surface area (Å²) < 4.78 is 0. The zero-order valence-electron chi connectivity index (χ0n) is 8.19. The second-order valence-corrected chi connectivity index (χ2v) is 3.45. The van der Waals surface area contributed by atoms with E-state index in [2.05, 4.69) is 4.98 Å². The third-order valence-corrected chi connectivity index (χ3v) is 2.37. The summed E-state index contributed by atoms with van der Waals surface area (Å²) >= 11 is 0. The monoisotopic (exact) mass is 201 g/mol. The summed E-state index contributed by atoms with van der Waals surface area (Å²) in [5.74, 6) is -0.0465. The summed E-state index contributed by atoms with van der Waals surface area (Å²) in [5, 5.41) is 1.05. The number of aromatic nitrogens is 1. The number of ketones is 1. The number of nitrogens with one attached hydrogen (secondary N) is 1. The normalized spacial score (nSPS) is 10.4. The molecule has 1 aromatic carbocycles. The molecule has 0 bridgehead atoms. The van der Waals surface area contributed by atoms with Gasteiger partial charge in [-0.1, -0.05) is 18.2 Å². The van der Waals surface area contributed by atoms with Crippen molar-refractivity contribution in [3.05, 3.63) is 36.0 Å². The van der Waals surface area contributed by atoms with Crippen LogP contribution in [-0.2, 0) is 16.0 Å². The van der Waals surface area contributed by atoms with E-state index in [-0.39, 0.29) is 12.2 Å². The van der Waals surface area contributed by atoms with E-state index in [0.29, 0.717) is 12.7 Å². The lowest BCUT2D eigenvalue weighted by Gasteiger charge is -1.95. The first-order valence-corrected chi connectivity index (χ1v) is 4.81. The molecule has 0 aliphatic rings. The number of carbonyl (C=O) groups excluding carboxylic acids is 2. The van der Waals surface area contributed by atoms with E-state index in [1.807, 2.05) is 30.5 Å². The first-order valence-electron chi connectivity index (χ1n) is 4.81. The Bertz CT molecular complexity index is 499. The predicted octanol–water partition coefficient (Wildman–Crippen LogP) is 1.87. The van der Waals surface area contributed by atoms with Gasteiger partial charge in [0.05, 0.1) is 6.42 Å². The minimum absolute atomic E-state index is 0.000489. The highest BCUT2D eigenvalue weighted by molar-refractivity contribution is 5.94. The minimum atomic E-state index is -0.0465. The average molecular weight is 201 g/mol. The summed E-state index contributed by atoms with van der Waals surface area (Å²) in [7, 11) is 0. The molecule has 1 N–H and O–H groups in total. The van der Waals surface area contributed by atoms with Gasteiger partial charge in [0.25, 0.3) is 0 Å². The smallest absolute Gasteiger partial charge is 0.144 e. The maximum Gasteiger partial charge on any atom is 0.144 e. The van der Waals surface area contributed by atoms with Crippen LogP contribution in [0, 0.1) is 0 Å². The molecule has 0 spiro atoms. The standard InChI is InChI=1S/C12H11NO2/c14-6-5-10(15)7-9-8-13-12-4-2-1-3-11(9)12/h1-4,6,8,13H,5,7H2. The van der Waals surface area contributed by atoms with Crippen LogP contribution in [0.15, 0.2) is 30.5 Å². The van der Waals surface area contributed by atoms with E-state index >= 15 is 0 Å². The molecular weight excluding hydrogens is 190 g/mol. The molecule has 1 aromatic heterocycles. The average Bonchev–Trinajstić information content (AvgIpc) is 2.62. The Morgan fingerprint density at radius 2 is 2.13 bits per heavy atom. The van der Waals surface area contributed by atoms with Gasteiger partial charge in [-0.05, 0) is 11.6 Å². The molecule has 3 nitrogen and oxygen atoms in total. The maximum atomic E-state index is 11.3. The van der Waals surface area contributed by atoms with Crippen LogP contribution in [0.3, 0.4) is 0 Å². The summed E-state index contributed by atoms with van der Waals surface area (Å²) in [6.45, 7) is 0. The lowest BCUT2D eigenvalue weighted by Crippen LogP contribution is -2.02. The zero-order chi connectivity index (χ0) is 10.7. The Morgan fingerprint density at radius 1 is 1.33 bits per heavy atom. The van der Waals surface area contributed by atoms with Crippen molar-refractivity contribution in [1.82, 2.24) is 4.98 Å². The molecule has 76 valence electrons. The van der Waals surface area contributed by atoms with Crippen LogP contribution in [0.25, 0.3) is 10.9 Å². The summed E-state index contributed by atoms with van der Waals surface area (Å²) in [6, 6.07) is 7.80.